The van der Waals surface area contributed by atoms with E-state index < -0.39 is 0 Å². The van der Waals surface area contributed by atoms with Gasteiger partial charge in [-0.15, -0.1) is 0 Å². The molecule has 2 aromatic carbocycles. The molecule has 0 unspecified atom stereocenters. The molecular formula is C22H28N2OS. The van der Waals surface area contributed by atoms with E-state index in [1.54, 1.807) is 0 Å². The number of piperazine rings is 1. The Kier molecular flexibility index (Phi) is 6.75. The number of carbonyl (C=O) groups is 1. The molecule has 1 heterocycles. The maximum Gasteiger partial charge on any atom is 0.253 e. The molecule has 0 bridgehead atoms. The second-order valence-corrected chi connectivity index (χ2v) is 8.17. The molecule has 1 aliphatic heterocycles. The topological polar surface area (TPSA) is 23.6 Å². The highest BCUT2D eigenvalue weighted by Gasteiger charge is 2.22. The van der Waals surface area contributed by atoms with E-state index in [0.29, 0.717) is 0 Å². The molecule has 1 saturated heterocycles. The summed E-state index contributed by atoms with van der Waals surface area (Å²) in [5, 5.41) is 0. The van der Waals surface area contributed by atoms with Crippen LogP contribution in [0.25, 0.3) is 0 Å². The van der Waals surface area contributed by atoms with Crippen LogP contribution in [-0.4, -0.2) is 47.6 Å². The van der Waals surface area contributed by atoms with E-state index in [4.69, 9.17) is 0 Å². The van der Waals surface area contributed by atoms with Gasteiger partial charge in [-0.05, 0) is 35.9 Å². The fourth-order valence-corrected chi connectivity index (χ4v) is 3.96. The Morgan fingerprint density at radius 3 is 2.38 bits per heavy atom. The van der Waals surface area contributed by atoms with E-state index in [2.05, 4.69) is 55.1 Å². The molecule has 4 heteroatoms. The Labute approximate surface area is 161 Å². The van der Waals surface area contributed by atoms with E-state index in [-0.39, 0.29) is 5.91 Å². The van der Waals surface area contributed by atoms with Crippen LogP contribution in [0.2, 0.25) is 0 Å². The number of thioether (sulfide) groups is 1. The summed E-state index contributed by atoms with van der Waals surface area (Å²) in [6, 6.07) is 16.8. The van der Waals surface area contributed by atoms with Crippen molar-refractivity contribution in [1.82, 2.24) is 9.80 Å². The van der Waals surface area contributed by atoms with Crippen molar-refractivity contribution in [2.75, 3.05) is 31.9 Å². The number of carbonyl (C=O) groups excluding carboxylic acids is 1. The normalized spacial score (nSPS) is 15.2. The minimum atomic E-state index is 0.162. The zero-order chi connectivity index (χ0) is 18.4. The van der Waals surface area contributed by atoms with Crippen LogP contribution in [-0.2, 0) is 12.3 Å². The molecule has 1 aliphatic rings. The van der Waals surface area contributed by atoms with E-state index in [1.165, 1.54) is 16.7 Å². The SMILES string of the molecule is CCSCc1ccc(C(=O)N2CCN(Cc3cccc(C)c3)CC2)cc1. The van der Waals surface area contributed by atoms with Gasteiger partial charge < -0.3 is 4.90 Å². The smallest absolute Gasteiger partial charge is 0.253 e. The van der Waals surface area contributed by atoms with Gasteiger partial charge in [0.25, 0.3) is 5.91 Å². The first-order valence-electron chi connectivity index (χ1n) is 9.39. The maximum absolute atomic E-state index is 12.7. The highest BCUT2D eigenvalue weighted by atomic mass is 32.2. The second-order valence-electron chi connectivity index (χ2n) is 6.89. The van der Waals surface area contributed by atoms with E-state index in [1.807, 2.05) is 28.8 Å². The highest BCUT2D eigenvalue weighted by Crippen LogP contribution is 2.16. The van der Waals surface area contributed by atoms with Gasteiger partial charge in [0, 0.05) is 44.0 Å². The number of benzene rings is 2. The van der Waals surface area contributed by atoms with Crippen LogP contribution in [0.3, 0.4) is 0 Å². The number of hydrogen-bond acceptors (Lipinski definition) is 3. The molecule has 0 atom stereocenters. The van der Waals surface area contributed by atoms with Crippen molar-refractivity contribution < 1.29 is 4.79 Å². The summed E-state index contributed by atoms with van der Waals surface area (Å²) in [6.07, 6.45) is 0. The summed E-state index contributed by atoms with van der Waals surface area (Å²) < 4.78 is 0. The summed E-state index contributed by atoms with van der Waals surface area (Å²) in [5.41, 5.74) is 4.75. The van der Waals surface area contributed by atoms with Crippen molar-refractivity contribution in [2.24, 2.45) is 0 Å². The summed E-state index contributed by atoms with van der Waals surface area (Å²) in [5.74, 6) is 2.30. The quantitative estimate of drug-likeness (QED) is 0.763. The lowest BCUT2D eigenvalue weighted by Gasteiger charge is -2.34. The van der Waals surface area contributed by atoms with Crippen molar-refractivity contribution in [3.05, 3.63) is 70.8 Å². The average Bonchev–Trinajstić information content (AvgIpc) is 2.67. The van der Waals surface area contributed by atoms with Gasteiger partial charge in [0.1, 0.15) is 0 Å². The van der Waals surface area contributed by atoms with Crippen LogP contribution in [0.15, 0.2) is 48.5 Å². The lowest BCUT2D eigenvalue weighted by atomic mass is 10.1. The highest BCUT2D eigenvalue weighted by molar-refractivity contribution is 7.98. The van der Waals surface area contributed by atoms with Gasteiger partial charge in [0.05, 0.1) is 0 Å². The van der Waals surface area contributed by atoms with Crippen molar-refractivity contribution >= 4 is 17.7 Å². The summed E-state index contributed by atoms with van der Waals surface area (Å²) in [7, 11) is 0. The van der Waals surface area contributed by atoms with Crippen molar-refractivity contribution in [3.8, 4) is 0 Å². The molecule has 3 nitrogen and oxygen atoms in total. The van der Waals surface area contributed by atoms with Gasteiger partial charge in [-0.3, -0.25) is 9.69 Å². The monoisotopic (exact) mass is 368 g/mol. The van der Waals surface area contributed by atoms with E-state index in [9.17, 15) is 4.79 Å². The number of rotatable bonds is 6. The molecule has 26 heavy (non-hydrogen) atoms. The van der Waals surface area contributed by atoms with E-state index >= 15 is 0 Å². The van der Waals surface area contributed by atoms with Gasteiger partial charge in [-0.2, -0.15) is 11.8 Å². The predicted octanol–water partition coefficient (Wildman–Crippen LogP) is 4.21. The number of amides is 1. The average molecular weight is 369 g/mol. The number of nitrogens with zero attached hydrogens (tertiary/aromatic N) is 2. The lowest BCUT2D eigenvalue weighted by molar-refractivity contribution is 0.0628. The summed E-state index contributed by atoms with van der Waals surface area (Å²) in [6.45, 7) is 8.74. The predicted molar refractivity (Wildman–Crippen MR) is 111 cm³/mol. The van der Waals surface area contributed by atoms with Crippen molar-refractivity contribution in [3.63, 3.8) is 0 Å². The fourth-order valence-electron chi connectivity index (χ4n) is 3.32. The maximum atomic E-state index is 12.7. The Balaban J connectivity index is 1.51. The molecular weight excluding hydrogens is 340 g/mol. The van der Waals surface area contributed by atoms with Gasteiger partial charge in [-0.1, -0.05) is 48.9 Å². The molecule has 2 aromatic rings. The molecule has 1 fully saturated rings. The largest absolute Gasteiger partial charge is 0.336 e. The first-order valence-corrected chi connectivity index (χ1v) is 10.5. The zero-order valence-electron chi connectivity index (χ0n) is 15.8. The third-order valence-electron chi connectivity index (χ3n) is 4.82. The lowest BCUT2D eigenvalue weighted by Crippen LogP contribution is -2.48. The van der Waals surface area contributed by atoms with Gasteiger partial charge in [-0.25, -0.2) is 0 Å². The van der Waals surface area contributed by atoms with Crippen LogP contribution in [0.5, 0.6) is 0 Å². The molecule has 0 aliphatic carbocycles. The Bertz CT molecular complexity index is 721. The molecule has 0 aromatic heterocycles. The van der Waals surface area contributed by atoms with Crippen LogP contribution >= 0.6 is 11.8 Å². The van der Waals surface area contributed by atoms with Gasteiger partial charge in [0.2, 0.25) is 0 Å². The first kappa shape index (κ1) is 19.0. The van der Waals surface area contributed by atoms with Crippen LogP contribution in [0.4, 0.5) is 0 Å². The van der Waals surface area contributed by atoms with Crippen molar-refractivity contribution in [2.45, 2.75) is 26.1 Å². The molecule has 0 N–H and O–H groups in total. The van der Waals surface area contributed by atoms with Crippen molar-refractivity contribution in [1.29, 1.82) is 0 Å². The molecule has 1 amide bonds. The Morgan fingerprint density at radius 1 is 1.00 bits per heavy atom. The van der Waals surface area contributed by atoms with Gasteiger partial charge in [0.15, 0.2) is 0 Å². The molecule has 0 radical (unpaired) electrons. The van der Waals surface area contributed by atoms with Crippen LogP contribution in [0.1, 0.15) is 34.0 Å². The Morgan fingerprint density at radius 2 is 1.73 bits per heavy atom. The van der Waals surface area contributed by atoms with Crippen LogP contribution < -0.4 is 0 Å². The second kappa shape index (κ2) is 9.24. The minimum Gasteiger partial charge on any atom is -0.336 e. The Hall–Kier alpha value is -1.78. The molecule has 0 saturated carbocycles. The first-order chi connectivity index (χ1) is 12.7. The summed E-state index contributed by atoms with van der Waals surface area (Å²) >= 11 is 1.90. The molecule has 0 spiro atoms. The zero-order valence-corrected chi connectivity index (χ0v) is 16.6. The van der Waals surface area contributed by atoms with Crippen LogP contribution in [0, 0.1) is 6.92 Å². The third kappa shape index (κ3) is 5.12. The number of aryl methyl sites for hydroxylation is 1. The minimum absolute atomic E-state index is 0.162. The van der Waals surface area contributed by atoms with E-state index in [0.717, 1.165) is 49.8 Å². The van der Waals surface area contributed by atoms with Gasteiger partial charge >= 0.3 is 0 Å². The summed E-state index contributed by atoms with van der Waals surface area (Å²) in [4.78, 5) is 17.2. The molecule has 3 rings (SSSR count). The number of hydrogen-bond donors (Lipinski definition) is 0. The standard InChI is InChI=1S/C22H28N2OS/c1-3-26-17-19-7-9-21(10-8-19)22(25)24-13-11-23(12-14-24)16-20-6-4-5-18(2)15-20/h4-10,15H,3,11-14,16-17H2,1-2H3. The fraction of sp³-hybridized carbons (Fsp3) is 0.409. The third-order valence-corrected chi connectivity index (χ3v) is 5.77. The molecule has 138 valence electrons.